The number of carbonyl (C=O) groups excluding carboxylic acids is 3. The SMILES string of the molecule is CCCCCC1CCC(c2ccc(-c3noc(-c4cc(-c5nc(-c6ccc(C7CCC(CCCCC)CC7)cc6)no5)cc(-c5nc(-c6ccc(C7CCC(CCCCC)CC7)cc6)no5)c4)n3)cc2)CC1.CCCCCC1CCC(c2ccc(C(N)=NO)cc2)CC1.CCO.NO.O=C(Cl)c1cc(C(=O)Cl)cc(C(=O)Cl)c1.[C-]#[N+]c1ccc(C2CCC(CCCCC)CC2)cc1. The topological polar surface area (TPSA) is 297 Å². The molecule has 132 heavy (non-hydrogen) atoms. The molecule has 5 saturated carbocycles. The Kier molecular flexibility index (Phi) is 44.8. The zero-order valence-electron chi connectivity index (χ0n) is 78.9. The monoisotopic (exact) mass is 1850 g/mol. The largest absolute Gasteiger partial charge is 0.409 e. The van der Waals surface area contributed by atoms with E-state index < -0.39 is 15.7 Å². The zero-order chi connectivity index (χ0) is 93.9. The fourth-order valence-electron chi connectivity index (χ4n) is 20.2. The summed E-state index contributed by atoms with van der Waals surface area (Å²) in [6, 6.07) is 52.2. The summed E-state index contributed by atoms with van der Waals surface area (Å²) in [6.45, 7) is 20.4. The molecular weight excluding hydrogens is 1710 g/mol. The van der Waals surface area contributed by atoms with E-state index in [9.17, 15) is 14.4 Å². The summed E-state index contributed by atoms with van der Waals surface area (Å²) in [5.41, 5.74) is 19.0. The van der Waals surface area contributed by atoms with Crippen LogP contribution in [0.25, 0.3) is 73.4 Å². The van der Waals surface area contributed by atoms with Crippen molar-refractivity contribution >= 4 is 62.1 Å². The first-order valence-electron chi connectivity index (χ1n) is 49.5. The molecule has 3 aromatic heterocycles. The van der Waals surface area contributed by atoms with Crippen molar-refractivity contribution in [2.75, 3.05) is 6.61 Å². The number of hydrogen-bond donors (Lipinski definition) is 5. The third kappa shape index (κ3) is 32.4. The molecule has 708 valence electrons. The number of amidine groups is 1. The molecule has 0 amide bonds. The predicted molar refractivity (Wildman–Crippen MR) is 534 cm³/mol. The maximum absolute atomic E-state index is 10.9. The average molecular weight is 1860 g/mol. The zero-order valence-corrected chi connectivity index (χ0v) is 81.2. The Balaban J connectivity index is 0.000000241. The average Bonchev–Trinajstić information content (AvgIpc) is 1.61. The molecule has 0 atom stereocenters. The summed E-state index contributed by atoms with van der Waals surface area (Å²) in [5.74, 6) is 14.3. The van der Waals surface area contributed by atoms with Crippen LogP contribution in [0.5, 0.6) is 0 Å². The van der Waals surface area contributed by atoms with E-state index in [-0.39, 0.29) is 29.1 Å². The minimum absolute atomic E-state index is 0.00725. The molecule has 10 aromatic rings. The van der Waals surface area contributed by atoms with Crippen LogP contribution in [0.2, 0.25) is 0 Å². The van der Waals surface area contributed by atoms with Gasteiger partial charge in [-0.3, -0.25) is 14.4 Å². The lowest BCUT2D eigenvalue weighted by Gasteiger charge is -2.29. The van der Waals surface area contributed by atoms with Gasteiger partial charge in [0.05, 0.1) is 6.57 Å². The van der Waals surface area contributed by atoms with Crippen LogP contribution in [-0.4, -0.2) is 74.1 Å². The highest BCUT2D eigenvalue weighted by molar-refractivity contribution is 6.70. The number of halogens is 3. The number of oxime groups is 1. The molecule has 0 aliphatic heterocycles. The number of carbonyl (C=O) groups is 3. The van der Waals surface area contributed by atoms with Gasteiger partial charge in [-0.1, -0.05) is 305 Å². The number of unbranched alkanes of at least 4 members (excludes halogenated alkanes) is 10. The molecule has 15 rings (SSSR count). The van der Waals surface area contributed by atoms with Gasteiger partial charge in [0.25, 0.3) is 33.4 Å². The minimum Gasteiger partial charge on any atom is -0.409 e. The number of rotatable bonds is 35. The second-order valence-electron chi connectivity index (χ2n) is 37.2. The molecule has 0 radical (unpaired) electrons. The lowest BCUT2D eigenvalue weighted by molar-refractivity contribution is 0.108. The Morgan fingerprint density at radius 1 is 0.348 bits per heavy atom. The van der Waals surface area contributed by atoms with Gasteiger partial charge in [0.15, 0.2) is 11.5 Å². The Hall–Kier alpha value is -9.52. The lowest BCUT2D eigenvalue weighted by Crippen LogP contribution is -2.15. The molecule has 19 nitrogen and oxygen atoms in total. The molecular formula is C110H143Cl3N10O9. The van der Waals surface area contributed by atoms with Crippen molar-refractivity contribution in [3.05, 3.63) is 219 Å². The predicted octanol–water partition coefficient (Wildman–Crippen LogP) is 31.3. The molecule has 5 fully saturated rings. The van der Waals surface area contributed by atoms with Crippen molar-refractivity contribution in [2.45, 2.75) is 328 Å². The summed E-state index contributed by atoms with van der Waals surface area (Å²) >= 11 is 15.6. The van der Waals surface area contributed by atoms with E-state index >= 15 is 0 Å². The van der Waals surface area contributed by atoms with Crippen molar-refractivity contribution in [2.24, 2.45) is 46.4 Å². The Morgan fingerprint density at radius 3 is 0.773 bits per heavy atom. The van der Waals surface area contributed by atoms with E-state index in [4.69, 9.17) is 91.2 Å². The van der Waals surface area contributed by atoms with Crippen LogP contribution in [0.4, 0.5) is 5.69 Å². The maximum Gasteiger partial charge on any atom is 0.258 e. The number of nitrogens with zero attached hydrogens (tertiary/aromatic N) is 8. The van der Waals surface area contributed by atoms with Crippen molar-refractivity contribution in [1.29, 1.82) is 0 Å². The number of nitrogens with two attached hydrogens (primary N) is 2. The van der Waals surface area contributed by atoms with Gasteiger partial charge >= 0.3 is 0 Å². The summed E-state index contributed by atoms with van der Waals surface area (Å²) in [6.07, 6.45) is 53.8. The molecule has 7 N–H and O–H groups in total. The van der Waals surface area contributed by atoms with E-state index in [1.165, 1.54) is 303 Å². The third-order valence-corrected chi connectivity index (χ3v) is 28.7. The Bertz CT molecular complexity index is 4710. The van der Waals surface area contributed by atoms with E-state index in [1.54, 1.807) is 6.92 Å². The quantitative estimate of drug-likeness (QED) is 0.00469. The van der Waals surface area contributed by atoms with Gasteiger partial charge in [-0.25, -0.2) is 10.7 Å². The van der Waals surface area contributed by atoms with Crippen LogP contribution in [0.1, 0.15) is 392 Å². The van der Waals surface area contributed by atoms with Crippen LogP contribution in [0.3, 0.4) is 0 Å². The van der Waals surface area contributed by atoms with Crippen LogP contribution < -0.4 is 11.6 Å². The van der Waals surface area contributed by atoms with Gasteiger partial charge < -0.3 is 34.8 Å². The Morgan fingerprint density at radius 2 is 0.568 bits per heavy atom. The van der Waals surface area contributed by atoms with Gasteiger partial charge in [0, 0.05) is 62.2 Å². The number of hydrogen-bond acceptors (Lipinski definition) is 17. The third-order valence-electron chi connectivity index (χ3n) is 28.1. The number of aliphatic hydroxyl groups is 1. The van der Waals surface area contributed by atoms with Crippen LogP contribution in [0.15, 0.2) is 176 Å². The molecule has 0 unspecified atom stereocenters. The summed E-state index contributed by atoms with van der Waals surface area (Å²) in [7, 11) is 0. The first-order valence-corrected chi connectivity index (χ1v) is 50.7. The van der Waals surface area contributed by atoms with Crippen molar-refractivity contribution in [1.82, 2.24) is 30.4 Å². The molecule has 22 heteroatoms. The van der Waals surface area contributed by atoms with Gasteiger partial charge in [-0.15, -0.1) is 0 Å². The summed E-state index contributed by atoms with van der Waals surface area (Å²) in [4.78, 5) is 50.8. The van der Waals surface area contributed by atoms with Crippen molar-refractivity contribution in [3.63, 3.8) is 0 Å². The molecule has 0 saturated heterocycles. The number of benzene rings is 7. The van der Waals surface area contributed by atoms with E-state index in [2.05, 4.69) is 163 Å². The molecule has 0 bridgehead atoms. The second-order valence-corrected chi connectivity index (χ2v) is 38.3. The molecule has 7 aromatic carbocycles. The molecule has 5 aliphatic rings. The highest BCUT2D eigenvalue weighted by Crippen LogP contribution is 2.45. The van der Waals surface area contributed by atoms with Gasteiger partial charge in [-0.05, 0) is 294 Å². The van der Waals surface area contributed by atoms with E-state index in [1.807, 2.05) is 42.5 Å². The first-order chi connectivity index (χ1) is 64.4. The standard InChI is InChI=1S/C63H78N6O3.C18H28N2O.C18H25N.C9H3Cl3O3.C2H6O.H3NO/c1-4-7-10-13-43-16-22-46(23-17-43)49-28-34-52(35-29-49)58-64-61(70-67-58)55-40-56(62-65-59(68-71-62)53-36-30-50(31-37-53)47-24-18-44(19-25-47)14-11-8-5-2)42-57(41-55)63-66-60(69-72-63)54-38-32-51(33-39-54)48-26-20-45(21-27-48)15-12-9-6-3;1-2-3-4-5-14-6-8-15(9-7-14)16-10-12-17(13-11-16)18(19)20-21;1-3-4-5-6-15-7-9-16(10-8-15)17-11-13-18(19-2)14-12-17;10-7(13)4-1-5(8(11)14)3-6(2-4)9(12)15;1-2-3;1-2/h28-48H,4-27H2,1-3H3;10-15,21H,2-9H2,1H3,(H2,19,20);11-16H,3-10H2,1H3;1-3H;3H,2H2,1H3;2H,1H2. The fraction of sp³-hybridized carbons (Fsp3) is 0.518. The number of aliphatic hydroxyl groups excluding tert-OH is 1. The highest BCUT2D eigenvalue weighted by Gasteiger charge is 2.30. The highest BCUT2D eigenvalue weighted by atomic mass is 35.5. The lowest BCUT2D eigenvalue weighted by atomic mass is 9.77. The van der Waals surface area contributed by atoms with Crippen LogP contribution >= 0.6 is 34.8 Å². The van der Waals surface area contributed by atoms with Crippen molar-refractivity contribution in [3.8, 4) is 68.5 Å². The summed E-state index contributed by atoms with van der Waals surface area (Å²) < 4.78 is 18.1. The molecule has 3 heterocycles. The summed E-state index contributed by atoms with van der Waals surface area (Å²) in [5, 5.41) is 36.8. The van der Waals surface area contributed by atoms with Gasteiger partial charge in [-0.2, -0.15) is 15.0 Å². The number of aromatic nitrogens is 6. The smallest absolute Gasteiger partial charge is 0.258 e. The fourth-order valence-corrected chi connectivity index (χ4v) is 20.5. The van der Waals surface area contributed by atoms with Gasteiger partial charge in [0.2, 0.25) is 17.5 Å². The van der Waals surface area contributed by atoms with E-state index in [0.717, 1.165) is 63.4 Å². The first kappa shape index (κ1) is 105. The van der Waals surface area contributed by atoms with Crippen LogP contribution in [0, 0.1) is 36.2 Å². The van der Waals surface area contributed by atoms with E-state index in [0.29, 0.717) is 75.5 Å². The molecule has 5 aliphatic carbocycles. The van der Waals surface area contributed by atoms with Crippen LogP contribution in [-0.2, 0) is 0 Å². The van der Waals surface area contributed by atoms with Gasteiger partial charge in [0.1, 0.15) is 0 Å². The Labute approximate surface area is 799 Å². The molecule has 0 spiro atoms. The second kappa shape index (κ2) is 56.6. The van der Waals surface area contributed by atoms with Crippen molar-refractivity contribution < 1.29 is 43.5 Å². The normalized spacial score (nSPS) is 20.0. The maximum atomic E-state index is 10.9. The minimum atomic E-state index is -0.797.